The SMILES string of the molecule is Cl.N[C@@H](Cc1ccccc1)C(=O)N1CCC[C@@H]1P(=O)(Oc1ccccc1)Oc1ccccc1. The third-order valence-electron chi connectivity index (χ3n) is 5.44. The summed E-state index contributed by atoms with van der Waals surface area (Å²) in [5.74, 6) is -0.0959. The monoisotopic (exact) mass is 486 g/mol. The summed E-state index contributed by atoms with van der Waals surface area (Å²) in [6, 6.07) is 26.7. The van der Waals surface area contributed by atoms with Crippen molar-refractivity contribution < 1.29 is 18.4 Å². The summed E-state index contributed by atoms with van der Waals surface area (Å²) in [5.41, 5.74) is 7.26. The zero-order valence-corrected chi connectivity index (χ0v) is 19.9. The van der Waals surface area contributed by atoms with Gasteiger partial charge in [0.05, 0.1) is 6.04 Å². The molecule has 1 aliphatic rings. The molecule has 8 heteroatoms. The van der Waals surface area contributed by atoms with E-state index in [0.717, 1.165) is 5.56 Å². The topological polar surface area (TPSA) is 81.9 Å². The van der Waals surface area contributed by atoms with Gasteiger partial charge in [-0.3, -0.25) is 4.79 Å². The van der Waals surface area contributed by atoms with Crippen LogP contribution in [0.4, 0.5) is 0 Å². The summed E-state index contributed by atoms with van der Waals surface area (Å²) in [5, 5.41) is 0. The molecule has 3 aromatic carbocycles. The Labute approximate surface area is 200 Å². The van der Waals surface area contributed by atoms with Crippen molar-refractivity contribution in [3.63, 3.8) is 0 Å². The smallest absolute Gasteiger partial charge is 0.415 e. The highest BCUT2D eigenvalue weighted by Crippen LogP contribution is 2.57. The Bertz CT molecular complexity index is 1020. The third kappa shape index (κ3) is 6.17. The molecule has 1 fully saturated rings. The first kappa shape index (κ1) is 24.8. The number of carbonyl (C=O) groups is 1. The quantitative estimate of drug-likeness (QED) is 0.438. The first-order valence-corrected chi connectivity index (χ1v) is 12.4. The normalized spacial score (nSPS) is 16.5. The molecular formula is C25H28ClN2O4P. The van der Waals surface area contributed by atoms with Gasteiger partial charge in [0.1, 0.15) is 11.5 Å². The average Bonchev–Trinajstić information content (AvgIpc) is 3.31. The molecule has 1 heterocycles. The van der Waals surface area contributed by atoms with Crippen molar-refractivity contribution in [3.8, 4) is 11.5 Å². The van der Waals surface area contributed by atoms with Crippen LogP contribution in [0.1, 0.15) is 18.4 Å². The van der Waals surface area contributed by atoms with Crippen LogP contribution in [0.25, 0.3) is 0 Å². The molecule has 4 rings (SSSR count). The molecule has 0 spiro atoms. The summed E-state index contributed by atoms with van der Waals surface area (Å²) in [4.78, 5) is 14.9. The highest BCUT2D eigenvalue weighted by molar-refractivity contribution is 7.55. The van der Waals surface area contributed by atoms with Gasteiger partial charge in [-0.05, 0) is 49.1 Å². The minimum atomic E-state index is -3.79. The number of likely N-dealkylation sites (tertiary alicyclic amines) is 1. The molecule has 0 unspecified atom stereocenters. The van der Waals surface area contributed by atoms with E-state index < -0.39 is 19.4 Å². The molecule has 174 valence electrons. The molecule has 2 atom stereocenters. The van der Waals surface area contributed by atoms with E-state index >= 15 is 0 Å². The Morgan fingerprint density at radius 3 is 1.91 bits per heavy atom. The van der Waals surface area contributed by atoms with E-state index in [1.807, 2.05) is 42.5 Å². The van der Waals surface area contributed by atoms with Crippen LogP contribution in [0, 0.1) is 0 Å². The number of para-hydroxylation sites is 2. The maximum atomic E-state index is 14.2. The van der Waals surface area contributed by atoms with Gasteiger partial charge < -0.3 is 19.7 Å². The van der Waals surface area contributed by atoms with Crippen molar-refractivity contribution in [3.05, 3.63) is 96.6 Å². The molecule has 6 nitrogen and oxygen atoms in total. The molecular weight excluding hydrogens is 459 g/mol. The highest BCUT2D eigenvalue weighted by atomic mass is 35.5. The van der Waals surface area contributed by atoms with Crippen molar-refractivity contribution in [1.82, 2.24) is 4.90 Å². The van der Waals surface area contributed by atoms with Gasteiger partial charge >= 0.3 is 7.60 Å². The van der Waals surface area contributed by atoms with Gasteiger partial charge in [-0.15, -0.1) is 12.4 Å². The van der Waals surface area contributed by atoms with Gasteiger partial charge in [-0.25, -0.2) is 4.57 Å². The lowest BCUT2D eigenvalue weighted by molar-refractivity contribution is -0.132. The molecule has 2 N–H and O–H groups in total. The number of halogens is 1. The lowest BCUT2D eigenvalue weighted by Gasteiger charge is -2.32. The van der Waals surface area contributed by atoms with E-state index in [2.05, 4.69) is 0 Å². The van der Waals surface area contributed by atoms with E-state index in [0.29, 0.717) is 37.3 Å². The lowest BCUT2D eigenvalue weighted by Crippen LogP contribution is -2.47. The van der Waals surface area contributed by atoms with E-state index in [4.69, 9.17) is 14.8 Å². The Morgan fingerprint density at radius 2 is 1.39 bits per heavy atom. The molecule has 1 amide bonds. The average molecular weight is 487 g/mol. The molecule has 0 radical (unpaired) electrons. The Morgan fingerprint density at radius 1 is 0.909 bits per heavy atom. The number of hydrogen-bond donors (Lipinski definition) is 1. The third-order valence-corrected chi connectivity index (χ3v) is 7.63. The molecule has 0 bridgehead atoms. The molecule has 3 aromatic rings. The van der Waals surface area contributed by atoms with E-state index in [9.17, 15) is 9.36 Å². The van der Waals surface area contributed by atoms with E-state index in [1.54, 1.807) is 53.4 Å². The number of hydrogen-bond acceptors (Lipinski definition) is 5. The molecule has 0 aliphatic carbocycles. The van der Waals surface area contributed by atoms with Gasteiger partial charge in [0, 0.05) is 6.54 Å². The standard InChI is InChI=1S/C25H27N2O4P.ClH/c26-23(19-20-11-4-1-5-12-20)25(28)27-18-10-17-24(27)32(29,30-21-13-6-2-7-14-21)31-22-15-8-3-9-16-22;/h1-9,11-16,23-24H,10,17-19,26H2;1H/t23-,24-;/m0./s1. The lowest BCUT2D eigenvalue weighted by atomic mass is 10.1. The number of nitrogens with two attached hydrogens (primary N) is 1. The van der Waals surface area contributed by atoms with Gasteiger partial charge in [0.25, 0.3) is 0 Å². The maximum Gasteiger partial charge on any atom is 0.453 e. The van der Waals surface area contributed by atoms with Crippen LogP contribution in [-0.4, -0.2) is 29.2 Å². The summed E-state index contributed by atoms with van der Waals surface area (Å²) in [7, 11) is -3.79. The van der Waals surface area contributed by atoms with Crippen molar-refractivity contribution in [2.24, 2.45) is 5.73 Å². The summed E-state index contributed by atoms with van der Waals surface area (Å²) in [6.45, 7) is 0.465. The van der Waals surface area contributed by atoms with E-state index in [-0.39, 0.29) is 18.3 Å². The Balaban J connectivity index is 0.00000306. The van der Waals surface area contributed by atoms with Crippen LogP contribution in [0.2, 0.25) is 0 Å². The summed E-state index contributed by atoms with van der Waals surface area (Å²) >= 11 is 0. The Hall–Kier alpha value is -2.79. The van der Waals surface area contributed by atoms with Crippen LogP contribution in [0.5, 0.6) is 11.5 Å². The fourth-order valence-corrected chi connectivity index (χ4v) is 6.08. The van der Waals surface area contributed by atoms with Crippen LogP contribution in [0.3, 0.4) is 0 Å². The van der Waals surface area contributed by atoms with Crippen molar-refractivity contribution >= 4 is 25.9 Å². The van der Waals surface area contributed by atoms with Gasteiger partial charge in [-0.2, -0.15) is 0 Å². The second kappa shape index (κ2) is 11.4. The van der Waals surface area contributed by atoms with Gasteiger partial charge in [0.15, 0.2) is 5.78 Å². The second-order valence-corrected chi connectivity index (χ2v) is 9.84. The fourth-order valence-electron chi connectivity index (χ4n) is 3.90. The molecule has 1 aliphatic heterocycles. The molecule has 0 aromatic heterocycles. The predicted octanol–water partition coefficient (Wildman–Crippen LogP) is 5.28. The number of benzene rings is 3. The fraction of sp³-hybridized carbons (Fsp3) is 0.240. The number of carbonyl (C=O) groups excluding carboxylic acids is 1. The first-order chi connectivity index (χ1) is 15.5. The van der Waals surface area contributed by atoms with Crippen molar-refractivity contribution in [1.29, 1.82) is 0 Å². The van der Waals surface area contributed by atoms with Crippen molar-refractivity contribution in [2.75, 3.05) is 6.54 Å². The number of nitrogens with zero attached hydrogens (tertiary/aromatic N) is 1. The highest BCUT2D eigenvalue weighted by Gasteiger charge is 2.48. The summed E-state index contributed by atoms with van der Waals surface area (Å²) < 4.78 is 26.1. The van der Waals surface area contributed by atoms with Crippen LogP contribution < -0.4 is 14.8 Å². The number of rotatable bonds is 8. The molecule has 1 saturated heterocycles. The molecule has 0 saturated carbocycles. The van der Waals surface area contributed by atoms with Gasteiger partial charge in [-0.1, -0.05) is 66.7 Å². The second-order valence-electron chi connectivity index (χ2n) is 7.80. The predicted molar refractivity (Wildman–Crippen MR) is 132 cm³/mol. The number of amides is 1. The molecule has 33 heavy (non-hydrogen) atoms. The zero-order chi connectivity index (χ0) is 22.4. The van der Waals surface area contributed by atoms with Crippen molar-refractivity contribution in [2.45, 2.75) is 31.1 Å². The largest absolute Gasteiger partial charge is 0.453 e. The Kier molecular flexibility index (Phi) is 8.56. The minimum absolute atomic E-state index is 0. The maximum absolute atomic E-state index is 14.2. The van der Waals surface area contributed by atoms with E-state index in [1.165, 1.54) is 0 Å². The van der Waals surface area contributed by atoms with Crippen LogP contribution >= 0.6 is 20.0 Å². The minimum Gasteiger partial charge on any atom is -0.415 e. The van der Waals surface area contributed by atoms with Crippen LogP contribution in [-0.2, 0) is 15.8 Å². The zero-order valence-electron chi connectivity index (χ0n) is 18.2. The van der Waals surface area contributed by atoms with Crippen LogP contribution in [0.15, 0.2) is 91.0 Å². The first-order valence-electron chi connectivity index (χ1n) is 10.7. The van der Waals surface area contributed by atoms with Gasteiger partial charge in [0.2, 0.25) is 5.91 Å². The summed E-state index contributed by atoms with van der Waals surface area (Å²) in [6.07, 6.45) is 1.63.